The predicted molar refractivity (Wildman–Crippen MR) is 41.7 cm³/mol. The van der Waals surface area contributed by atoms with Crippen LogP contribution in [0.4, 0.5) is 0 Å². The molecule has 0 spiro atoms. The van der Waals surface area contributed by atoms with Crippen LogP contribution in [-0.4, -0.2) is 31.1 Å². The van der Waals surface area contributed by atoms with Crippen LogP contribution in [0.3, 0.4) is 0 Å². The Morgan fingerprint density at radius 1 is 1.40 bits per heavy atom. The molecule has 1 saturated carbocycles. The van der Waals surface area contributed by atoms with Crippen LogP contribution in [0.1, 0.15) is 12.8 Å². The van der Waals surface area contributed by atoms with Crippen LogP contribution in [0.15, 0.2) is 0 Å². The first-order chi connectivity index (χ1) is 4.90. The molecule has 1 aliphatic heterocycles. The molecular formula is C8H16N2. The molecule has 1 aliphatic carbocycles. The molecule has 0 radical (unpaired) electrons. The summed E-state index contributed by atoms with van der Waals surface area (Å²) in [5, 5.41) is 0. The van der Waals surface area contributed by atoms with Gasteiger partial charge < -0.3 is 10.6 Å². The lowest BCUT2D eigenvalue weighted by molar-refractivity contribution is 0.225. The Hall–Kier alpha value is -0.0800. The van der Waals surface area contributed by atoms with Crippen molar-refractivity contribution in [3.05, 3.63) is 0 Å². The van der Waals surface area contributed by atoms with Crippen LogP contribution in [0.2, 0.25) is 0 Å². The lowest BCUT2D eigenvalue weighted by Crippen LogP contribution is -2.35. The van der Waals surface area contributed by atoms with Gasteiger partial charge in [0.1, 0.15) is 0 Å². The maximum atomic E-state index is 5.48. The molecule has 2 heteroatoms. The van der Waals surface area contributed by atoms with Crippen LogP contribution in [-0.2, 0) is 0 Å². The normalized spacial score (nSPS) is 39.3. The maximum absolute atomic E-state index is 5.48. The summed E-state index contributed by atoms with van der Waals surface area (Å²) in [4.78, 5) is 2.51. The molecule has 0 aromatic carbocycles. The average Bonchev–Trinajstić information content (AvgIpc) is 2.66. The molecule has 2 nitrogen and oxygen atoms in total. The van der Waals surface area contributed by atoms with E-state index in [1.807, 2.05) is 0 Å². The van der Waals surface area contributed by atoms with Crippen LogP contribution in [0, 0.1) is 11.8 Å². The second-order valence-corrected chi connectivity index (χ2v) is 3.63. The van der Waals surface area contributed by atoms with Gasteiger partial charge >= 0.3 is 0 Å². The fraction of sp³-hybridized carbons (Fsp3) is 1.00. The summed E-state index contributed by atoms with van der Waals surface area (Å²) in [6.07, 6.45) is 2.94. The summed E-state index contributed by atoms with van der Waals surface area (Å²) in [5.74, 6) is 2.16. The Bertz CT molecular complexity index is 124. The van der Waals surface area contributed by atoms with Crippen molar-refractivity contribution in [2.45, 2.75) is 12.8 Å². The monoisotopic (exact) mass is 140 g/mol. The largest absolute Gasteiger partial charge is 0.329 e. The highest BCUT2D eigenvalue weighted by Crippen LogP contribution is 2.44. The van der Waals surface area contributed by atoms with E-state index in [0.29, 0.717) is 0 Å². The minimum absolute atomic E-state index is 0.831. The molecule has 1 saturated heterocycles. The van der Waals surface area contributed by atoms with Crippen molar-refractivity contribution in [3.8, 4) is 0 Å². The van der Waals surface area contributed by atoms with Gasteiger partial charge in [-0.15, -0.1) is 0 Å². The Labute approximate surface area is 62.4 Å². The molecule has 2 unspecified atom stereocenters. The maximum Gasteiger partial charge on any atom is 0.0105 e. The fourth-order valence-corrected chi connectivity index (χ4v) is 2.04. The highest BCUT2D eigenvalue weighted by atomic mass is 15.1. The van der Waals surface area contributed by atoms with E-state index in [1.54, 1.807) is 0 Å². The van der Waals surface area contributed by atoms with Crippen LogP contribution < -0.4 is 5.73 Å². The zero-order chi connectivity index (χ0) is 6.97. The van der Waals surface area contributed by atoms with Crippen molar-refractivity contribution in [2.75, 3.05) is 26.2 Å². The van der Waals surface area contributed by atoms with Gasteiger partial charge in [0.25, 0.3) is 0 Å². The van der Waals surface area contributed by atoms with E-state index >= 15 is 0 Å². The molecule has 0 aromatic heterocycles. The molecule has 1 heterocycles. The van der Waals surface area contributed by atoms with Gasteiger partial charge in [-0.1, -0.05) is 0 Å². The molecule has 10 heavy (non-hydrogen) atoms. The van der Waals surface area contributed by atoms with Gasteiger partial charge in [-0.2, -0.15) is 0 Å². The lowest BCUT2D eigenvalue weighted by Gasteiger charge is -2.25. The highest BCUT2D eigenvalue weighted by molar-refractivity contribution is 4.92. The zero-order valence-electron chi connectivity index (χ0n) is 6.42. The van der Waals surface area contributed by atoms with Crippen molar-refractivity contribution in [1.82, 2.24) is 4.90 Å². The number of piperidine rings is 1. The molecule has 2 atom stereocenters. The number of rotatable bonds is 2. The van der Waals surface area contributed by atoms with E-state index in [4.69, 9.17) is 5.73 Å². The van der Waals surface area contributed by atoms with Crippen molar-refractivity contribution in [3.63, 3.8) is 0 Å². The molecule has 2 rings (SSSR count). The second-order valence-electron chi connectivity index (χ2n) is 3.63. The number of nitrogens with two attached hydrogens (primary N) is 1. The number of likely N-dealkylation sites (tertiary alicyclic amines) is 1. The Morgan fingerprint density at radius 3 is 3.00 bits per heavy atom. The summed E-state index contributed by atoms with van der Waals surface area (Å²) >= 11 is 0. The molecule has 2 fully saturated rings. The summed E-state index contributed by atoms with van der Waals surface area (Å²) in [5.41, 5.74) is 5.48. The van der Waals surface area contributed by atoms with Crippen LogP contribution >= 0.6 is 0 Å². The fourth-order valence-electron chi connectivity index (χ4n) is 2.04. The van der Waals surface area contributed by atoms with Crippen molar-refractivity contribution < 1.29 is 0 Å². The molecule has 0 aromatic rings. The molecule has 58 valence electrons. The van der Waals surface area contributed by atoms with Crippen molar-refractivity contribution in [1.29, 1.82) is 0 Å². The Balaban J connectivity index is 1.77. The molecule has 2 N–H and O–H groups in total. The predicted octanol–water partition coefficient (Wildman–Crippen LogP) is 0.287. The minimum atomic E-state index is 0.831. The summed E-state index contributed by atoms with van der Waals surface area (Å²) in [6.45, 7) is 4.58. The zero-order valence-corrected chi connectivity index (χ0v) is 6.42. The molecule has 0 bridgehead atoms. The summed E-state index contributed by atoms with van der Waals surface area (Å²) in [6, 6.07) is 0. The van der Waals surface area contributed by atoms with Crippen LogP contribution in [0.5, 0.6) is 0 Å². The number of nitrogens with zero attached hydrogens (tertiary/aromatic N) is 1. The quantitative estimate of drug-likeness (QED) is 0.597. The van der Waals surface area contributed by atoms with E-state index in [9.17, 15) is 0 Å². The van der Waals surface area contributed by atoms with Crippen LogP contribution in [0.25, 0.3) is 0 Å². The van der Waals surface area contributed by atoms with Gasteiger partial charge in [0.2, 0.25) is 0 Å². The standard InChI is InChI=1S/C8H16N2/c9-2-4-10-3-1-7-5-8(7)6-10/h7-8H,1-6,9H2. The molecular weight excluding hydrogens is 124 g/mol. The molecule has 2 aliphatic rings. The van der Waals surface area contributed by atoms with Gasteiger partial charge in [-0.05, 0) is 31.2 Å². The van der Waals surface area contributed by atoms with Gasteiger partial charge in [-0.25, -0.2) is 0 Å². The van der Waals surface area contributed by atoms with E-state index in [0.717, 1.165) is 24.9 Å². The Kier molecular flexibility index (Phi) is 1.66. The number of hydrogen-bond acceptors (Lipinski definition) is 2. The van der Waals surface area contributed by atoms with Gasteiger partial charge in [0.05, 0.1) is 0 Å². The van der Waals surface area contributed by atoms with E-state index in [-0.39, 0.29) is 0 Å². The third-order valence-corrected chi connectivity index (χ3v) is 2.82. The SMILES string of the molecule is NCCN1CCC2CC2C1. The molecule has 0 amide bonds. The van der Waals surface area contributed by atoms with Gasteiger partial charge in [0, 0.05) is 19.6 Å². The van der Waals surface area contributed by atoms with E-state index in [2.05, 4.69) is 4.90 Å². The lowest BCUT2D eigenvalue weighted by atomic mass is 10.1. The third kappa shape index (κ3) is 1.18. The first-order valence-corrected chi connectivity index (χ1v) is 4.32. The van der Waals surface area contributed by atoms with Gasteiger partial charge in [0.15, 0.2) is 0 Å². The van der Waals surface area contributed by atoms with E-state index in [1.165, 1.54) is 25.9 Å². The Morgan fingerprint density at radius 2 is 2.30 bits per heavy atom. The minimum Gasteiger partial charge on any atom is -0.329 e. The summed E-state index contributed by atoms with van der Waals surface area (Å²) in [7, 11) is 0. The first-order valence-electron chi connectivity index (χ1n) is 4.32. The second kappa shape index (κ2) is 2.51. The topological polar surface area (TPSA) is 29.3 Å². The number of hydrogen-bond donors (Lipinski definition) is 1. The first kappa shape index (κ1) is 6.62. The van der Waals surface area contributed by atoms with Crippen molar-refractivity contribution in [2.24, 2.45) is 17.6 Å². The highest BCUT2D eigenvalue weighted by Gasteiger charge is 2.40. The van der Waals surface area contributed by atoms with E-state index < -0.39 is 0 Å². The number of fused-ring (bicyclic) bond motifs is 1. The van der Waals surface area contributed by atoms with Crippen molar-refractivity contribution >= 4 is 0 Å². The summed E-state index contributed by atoms with van der Waals surface area (Å²) < 4.78 is 0. The smallest absolute Gasteiger partial charge is 0.0105 e. The third-order valence-electron chi connectivity index (χ3n) is 2.82. The average molecular weight is 140 g/mol. The van der Waals surface area contributed by atoms with Gasteiger partial charge in [-0.3, -0.25) is 0 Å².